The second-order valence-corrected chi connectivity index (χ2v) is 4.11. The first-order valence-corrected chi connectivity index (χ1v) is 5.50. The summed E-state index contributed by atoms with van der Waals surface area (Å²) in [4.78, 5) is 41.9. The van der Waals surface area contributed by atoms with E-state index in [1.807, 2.05) is 4.98 Å². The molecule has 0 fully saturated rings. The molecule has 0 atom stereocenters. The first-order valence-electron chi connectivity index (χ1n) is 4.62. The van der Waals surface area contributed by atoms with E-state index in [0.29, 0.717) is 5.13 Å². The minimum Gasteiger partial charge on any atom is -0.303 e. The van der Waals surface area contributed by atoms with Crippen molar-refractivity contribution in [2.45, 2.75) is 6.92 Å². The smallest absolute Gasteiger partial charge is 0.303 e. The van der Waals surface area contributed by atoms with Crippen LogP contribution in [-0.2, 0) is 0 Å². The number of hydrogen-bond donors (Lipinski definition) is 3. The fourth-order valence-electron chi connectivity index (χ4n) is 1.17. The molecule has 3 N–H and O–H groups in total. The molecule has 0 aromatic carbocycles. The van der Waals surface area contributed by atoms with E-state index in [0.717, 1.165) is 11.8 Å². The normalized spacial score (nSPS) is 10.2. The van der Waals surface area contributed by atoms with Crippen molar-refractivity contribution < 1.29 is 4.79 Å². The maximum Gasteiger partial charge on any atom is 0.326 e. The number of carbonyl (C=O) groups is 1. The predicted molar refractivity (Wildman–Crippen MR) is 62.5 cm³/mol. The highest BCUT2D eigenvalue weighted by Gasteiger charge is 2.10. The molecule has 0 radical (unpaired) electrons. The van der Waals surface area contributed by atoms with E-state index < -0.39 is 17.2 Å². The molecule has 0 aliphatic carbocycles. The van der Waals surface area contributed by atoms with Gasteiger partial charge in [-0.05, 0) is 6.92 Å². The summed E-state index contributed by atoms with van der Waals surface area (Å²) >= 11 is 1.26. The zero-order chi connectivity index (χ0) is 12.4. The molecule has 0 saturated carbocycles. The molecular weight excluding hydrogens is 244 g/mol. The topological polar surface area (TPSA) is 108 Å². The summed E-state index contributed by atoms with van der Waals surface area (Å²) < 4.78 is 0. The van der Waals surface area contributed by atoms with Gasteiger partial charge in [-0.2, -0.15) is 0 Å². The molecule has 0 aliphatic heterocycles. The van der Waals surface area contributed by atoms with Crippen LogP contribution in [0.5, 0.6) is 0 Å². The standard InChI is InChI=1S/C9H8N4O3S/c1-4-3-17-9(10-4)13-7(15)5-2-6(14)12-8(16)11-5/h2-3H,1H3,(H,10,13,15)(H2,11,12,14,16). The number of hydrogen-bond acceptors (Lipinski definition) is 5. The number of carbonyl (C=O) groups excluding carboxylic acids is 1. The van der Waals surface area contributed by atoms with E-state index in [1.165, 1.54) is 11.3 Å². The molecular formula is C9H8N4O3S. The molecule has 1 amide bonds. The summed E-state index contributed by atoms with van der Waals surface area (Å²) in [5.41, 5.74) is -0.677. The lowest BCUT2D eigenvalue weighted by atomic mass is 10.4. The van der Waals surface area contributed by atoms with Crippen molar-refractivity contribution in [3.63, 3.8) is 0 Å². The summed E-state index contributed by atoms with van der Waals surface area (Å²) in [5.74, 6) is -0.581. The van der Waals surface area contributed by atoms with Gasteiger partial charge in [0.05, 0.1) is 5.69 Å². The summed E-state index contributed by atoms with van der Waals surface area (Å²) in [5, 5.41) is 4.66. The first-order chi connectivity index (χ1) is 8.04. The Morgan fingerprint density at radius 1 is 1.41 bits per heavy atom. The second kappa shape index (κ2) is 4.34. The van der Waals surface area contributed by atoms with Gasteiger partial charge in [-0.3, -0.25) is 19.9 Å². The molecule has 0 unspecified atom stereocenters. The number of amides is 1. The van der Waals surface area contributed by atoms with E-state index in [2.05, 4.69) is 15.3 Å². The summed E-state index contributed by atoms with van der Waals surface area (Å²) in [6.07, 6.45) is 0. The van der Waals surface area contributed by atoms with Gasteiger partial charge < -0.3 is 4.98 Å². The van der Waals surface area contributed by atoms with Gasteiger partial charge in [0, 0.05) is 11.4 Å². The lowest BCUT2D eigenvalue weighted by molar-refractivity contribution is 0.102. The molecule has 2 aromatic rings. The number of nitrogens with one attached hydrogen (secondary N) is 3. The van der Waals surface area contributed by atoms with Gasteiger partial charge in [0.25, 0.3) is 11.5 Å². The monoisotopic (exact) mass is 252 g/mol. The third kappa shape index (κ3) is 2.67. The number of thiazole rings is 1. The second-order valence-electron chi connectivity index (χ2n) is 3.25. The average molecular weight is 252 g/mol. The molecule has 2 rings (SSSR count). The Hall–Kier alpha value is -2.22. The number of anilines is 1. The highest BCUT2D eigenvalue weighted by Crippen LogP contribution is 2.14. The van der Waals surface area contributed by atoms with E-state index in [-0.39, 0.29) is 5.69 Å². The quantitative estimate of drug-likeness (QED) is 0.703. The largest absolute Gasteiger partial charge is 0.326 e. The maximum atomic E-state index is 11.7. The summed E-state index contributed by atoms with van der Waals surface area (Å²) in [6, 6.07) is 1.01. The average Bonchev–Trinajstić information content (AvgIpc) is 2.62. The Morgan fingerprint density at radius 2 is 2.18 bits per heavy atom. The summed E-state index contributed by atoms with van der Waals surface area (Å²) in [7, 11) is 0. The van der Waals surface area contributed by atoms with Crippen LogP contribution in [-0.4, -0.2) is 20.9 Å². The van der Waals surface area contributed by atoms with Crippen molar-refractivity contribution in [2.24, 2.45) is 0 Å². The molecule has 2 heterocycles. The van der Waals surface area contributed by atoms with Crippen molar-refractivity contribution in [1.29, 1.82) is 0 Å². The van der Waals surface area contributed by atoms with E-state index >= 15 is 0 Å². The molecule has 0 spiro atoms. The first kappa shape index (κ1) is 11.3. The van der Waals surface area contributed by atoms with Crippen molar-refractivity contribution in [3.8, 4) is 0 Å². The van der Waals surface area contributed by atoms with Crippen LogP contribution in [0.25, 0.3) is 0 Å². The highest BCUT2D eigenvalue weighted by molar-refractivity contribution is 7.13. The number of aryl methyl sites for hydroxylation is 1. The minimum atomic E-state index is -0.724. The third-order valence-electron chi connectivity index (χ3n) is 1.84. The van der Waals surface area contributed by atoms with Crippen molar-refractivity contribution in [1.82, 2.24) is 15.0 Å². The van der Waals surface area contributed by atoms with Gasteiger partial charge in [-0.25, -0.2) is 9.78 Å². The van der Waals surface area contributed by atoms with Crippen LogP contribution < -0.4 is 16.6 Å². The molecule has 0 bridgehead atoms. The Bertz CT molecular complexity index is 641. The third-order valence-corrected chi connectivity index (χ3v) is 2.72. The maximum absolute atomic E-state index is 11.7. The van der Waals surface area contributed by atoms with Crippen LogP contribution in [0, 0.1) is 6.92 Å². The zero-order valence-electron chi connectivity index (χ0n) is 8.73. The Labute approximate surface area is 98.6 Å². The molecule has 0 saturated heterocycles. The minimum absolute atomic E-state index is 0.105. The molecule has 88 valence electrons. The fraction of sp³-hybridized carbons (Fsp3) is 0.111. The van der Waals surface area contributed by atoms with Crippen LogP contribution in [0.2, 0.25) is 0 Å². The van der Waals surface area contributed by atoms with Crippen LogP contribution in [0.15, 0.2) is 21.0 Å². The van der Waals surface area contributed by atoms with Gasteiger partial charge >= 0.3 is 5.69 Å². The molecule has 17 heavy (non-hydrogen) atoms. The molecule has 7 nitrogen and oxygen atoms in total. The van der Waals surface area contributed by atoms with Crippen LogP contribution in [0.4, 0.5) is 5.13 Å². The highest BCUT2D eigenvalue weighted by atomic mass is 32.1. The number of aromatic nitrogens is 3. The van der Waals surface area contributed by atoms with Crippen molar-refractivity contribution >= 4 is 22.4 Å². The van der Waals surface area contributed by atoms with Gasteiger partial charge in [0.2, 0.25) is 0 Å². The SMILES string of the molecule is Cc1csc(NC(=O)c2cc(=O)[nH]c(=O)[nH]2)n1. The van der Waals surface area contributed by atoms with E-state index in [4.69, 9.17) is 0 Å². The van der Waals surface area contributed by atoms with Crippen LogP contribution in [0.1, 0.15) is 16.2 Å². The van der Waals surface area contributed by atoms with Gasteiger partial charge in [0.15, 0.2) is 5.13 Å². The van der Waals surface area contributed by atoms with E-state index in [1.54, 1.807) is 12.3 Å². The van der Waals surface area contributed by atoms with Crippen LogP contribution in [0.3, 0.4) is 0 Å². The van der Waals surface area contributed by atoms with Crippen LogP contribution >= 0.6 is 11.3 Å². The van der Waals surface area contributed by atoms with Gasteiger partial charge in [-0.15, -0.1) is 11.3 Å². The van der Waals surface area contributed by atoms with Crippen molar-refractivity contribution in [2.75, 3.05) is 5.32 Å². The lowest BCUT2D eigenvalue weighted by Crippen LogP contribution is -2.27. The van der Waals surface area contributed by atoms with Gasteiger partial charge in [-0.1, -0.05) is 0 Å². The number of nitrogens with zero attached hydrogens (tertiary/aromatic N) is 1. The predicted octanol–water partition coefficient (Wildman–Crippen LogP) is 0.0804. The Morgan fingerprint density at radius 3 is 2.76 bits per heavy atom. The number of H-pyrrole nitrogens is 2. The fourth-order valence-corrected chi connectivity index (χ4v) is 1.85. The van der Waals surface area contributed by atoms with Gasteiger partial charge in [0.1, 0.15) is 5.69 Å². The zero-order valence-corrected chi connectivity index (χ0v) is 9.55. The lowest BCUT2D eigenvalue weighted by Gasteiger charge is -1.99. The molecule has 2 aromatic heterocycles. The Kier molecular flexibility index (Phi) is 2.88. The molecule has 8 heteroatoms. The summed E-state index contributed by atoms with van der Waals surface area (Å²) in [6.45, 7) is 1.79. The van der Waals surface area contributed by atoms with E-state index in [9.17, 15) is 14.4 Å². The number of aromatic amines is 2. The Balaban J connectivity index is 2.26. The van der Waals surface area contributed by atoms with Crippen molar-refractivity contribution in [3.05, 3.63) is 43.7 Å². The number of rotatable bonds is 2. The molecule has 0 aliphatic rings.